The van der Waals surface area contributed by atoms with Crippen molar-refractivity contribution in [3.63, 3.8) is 0 Å². The molecule has 2 nitrogen and oxygen atoms in total. The first-order chi connectivity index (χ1) is 7.47. The van der Waals surface area contributed by atoms with E-state index in [0.717, 1.165) is 37.0 Å². The molecule has 1 fully saturated rings. The fourth-order valence-electron chi connectivity index (χ4n) is 1.64. The molecule has 0 aromatic carbocycles. The first kappa shape index (κ1) is 13.8. The second-order valence-electron chi connectivity index (χ2n) is 4.22. The standard InChI is InChI=1S/C10H17ClF3N2/c11-4-2-1-3-5-16(6-7-16)9-15-8-10(12,13)14/h2,4,15H,1,3,5-9H2/q+1. The summed E-state index contributed by atoms with van der Waals surface area (Å²) in [5.41, 5.74) is 1.48. The lowest BCUT2D eigenvalue weighted by Gasteiger charge is -2.19. The third kappa shape index (κ3) is 5.72. The highest BCUT2D eigenvalue weighted by Crippen LogP contribution is 2.21. The van der Waals surface area contributed by atoms with E-state index in [2.05, 4.69) is 5.32 Å². The molecule has 0 saturated carbocycles. The highest BCUT2D eigenvalue weighted by Gasteiger charge is 2.41. The van der Waals surface area contributed by atoms with Crippen molar-refractivity contribution in [2.45, 2.75) is 19.0 Å². The molecule has 0 atom stereocenters. The molecule has 0 spiro atoms. The number of alkyl halides is 3. The van der Waals surface area contributed by atoms with Crippen molar-refractivity contribution >= 4 is 11.6 Å². The summed E-state index contributed by atoms with van der Waals surface area (Å²) < 4.78 is 36.5. The Morgan fingerprint density at radius 3 is 2.50 bits per heavy atom. The Labute approximate surface area is 98.6 Å². The number of halogens is 4. The Hall–Kier alpha value is -0.260. The molecule has 0 radical (unpaired) electrons. The van der Waals surface area contributed by atoms with Gasteiger partial charge in [0.2, 0.25) is 0 Å². The van der Waals surface area contributed by atoms with Gasteiger partial charge in [0, 0.05) is 12.0 Å². The zero-order valence-electron chi connectivity index (χ0n) is 9.06. The molecule has 0 amide bonds. The van der Waals surface area contributed by atoms with Crippen LogP contribution in [0.4, 0.5) is 13.2 Å². The van der Waals surface area contributed by atoms with Gasteiger partial charge in [-0.2, -0.15) is 13.2 Å². The molecule has 16 heavy (non-hydrogen) atoms. The lowest BCUT2D eigenvalue weighted by Crippen LogP contribution is -2.41. The molecule has 0 unspecified atom stereocenters. The van der Waals surface area contributed by atoms with E-state index < -0.39 is 12.7 Å². The van der Waals surface area contributed by atoms with Gasteiger partial charge in [-0.3, -0.25) is 5.32 Å². The summed E-state index contributed by atoms with van der Waals surface area (Å²) in [5.74, 6) is 0. The van der Waals surface area contributed by atoms with Gasteiger partial charge in [0.05, 0.1) is 13.1 Å². The van der Waals surface area contributed by atoms with Crippen molar-refractivity contribution in [3.05, 3.63) is 11.6 Å². The fraction of sp³-hybridized carbons (Fsp3) is 0.800. The Morgan fingerprint density at radius 2 is 2.00 bits per heavy atom. The number of rotatable bonds is 7. The summed E-state index contributed by atoms with van der Waals surface area (Å²) in [5, 5.41) is 2.47. The second-order valence-corrected chi connectivity index (χ2v) is 4.47. The van der Waals surface area contributed by atoms with Gasteiger partial charge < -0.3 is 4.48 Å². The molecule has 1 N–H and O–H groups in total. The molecule has 0 aliphatic carbocycles. The number of nitrogens with zero attached hydrogens (tertiary/aromatic N) is 1. The lowest BCUT2D eigenvalue weighted by atomic mass is 10.3. The average Bonchev–Trinajstić information content (AvgIpc) is 2.92. The van der Waals surface area contributed by atoms with Crippen LogP contribution in [0.1, 0.15) is 12.8 Å². The minimum Gasteiger partial charge on any atom is -0.302 e. The summed E-state index contributed by atoms with van der Waals surface area (Å²) in [6.45, 7) is 2.41. The molecule has 1 saturated heterocycles. The van der Waals surface area contributed by atoms with Crippen molar-refractivity contribution in [2.24, 2.45) is 0 Å². The number of nitrogens with one attached hydrogen (secondary N) is 1. The van der Waals surface area contributed by atoms with Crippen LogP contribution in [0.5, 0.6) is 0 Å². The Kier molecular flexibility index (Phi) is 5.08. The SMILES string of the molecule is FC(F)(F)CNC[N+]1(CCCC=CCl)CC1. The Balaban J connectivity index is 2.11. The third-order valence-electron chi connectivity index (χ3n) is 2.72. The van der Waals surface area contributed by atoms with Gasteiger partial charge in [0.25, 0.3) is 0 Å². The van der Waals surface area contributed by atoms with E-state index in [1.165, 1.54) is 5.54 Å². The quantitative estimate of drug-likeness (QED) is 0.420. The van der Waals surface area contributed by atoms with E-state index in [-0.39, 0.29) is 0 Å². The first-order valence-electron chi connectivity index (χ1n) is 5.35. The lowest BCUT2D eigenvalue weighted by molar-refractivity contribution is -0.803. The maximum atomic E-state index is 11.9. The van der Waals surface area contributed by atoms with Crippen LogP contribution >= 0.6 is 11.6 Å². The van der Waals surface area contributed by atoms with E-state index in [1.807, 2.05) is 6.08 Å². The van der Waals surface area contributed by atoms with Crippen molar-refractivity contribution in [2.75, 3.05) is 32.8 Å². The van der Waals surface area contributed by atoms with Gasteiger partial charge in [0.15, 0.2) is 0 Å². The van der Waals surface area contributed by atoms with Crippen LogP contribution in [0.2, 0.25) is 0 Å². The van der Waals surface area contributed by atoms with Crippen molar-refractivity contribution in [3.8, 4) is 0 Å². The fourth-order valence-corrected chi connectivity index (χ4v) is 1.77. The molecule has 1 heterocycles. The van der Waals surface area contributed by atoms with Crippen LogP contribution in [0.3, 0.4) is 0 Å². The highest BCUT2D eigenvalue weighted by molar-refractivity contribution is 6.25. The van der Waals surface area contributed by atoms with Crippen LogP contribution in [0.25, 0.3) is 0 Å². The molecular formula is C10H17ClF3N2+. The molecule has 6 heteroatoms. The topological polar surface area (TPSA) is 12.0 Å². The van der Waals surface area contributed by atoms with Crippen molar-refractivity contribution in [1.82, 2.24) is 5.32 Å². The summed E-state index contributed by atoms with van der Waals surface area (Å²) >= 11 is 5.38. The van der Waals surface area contributed by atoms with Gasteiger partial charge >= 0.3 is 6.18 Å². The van der Waals surface area contributed by atoms with Gasteiger partial charge in [0.1, 0.15) is 19.8 Å². The molecule has 0 bridgehead atoms. The number of hydrogen-bond acceptors (Lipinski definition) is 1. The second kappa shape index (κ2) is 5.89. The number of allylic oxidation sites excluding steroid dienone is 1. The minimum atomic E-state index is -4.11. The Morgan fingerprint density at radius 1 is 1.31 bits per heavy atom. The number of unbranched alkanes of at least 4 members (excludes halogenated alkanes) is 1. The van der Waals surface area contributed by atoms with Crippen molar-refractivity contribution < 1.29 is 17.7 Å². The average molecular weight is 258 g/mol. The largest absolute Gasteiger partial charge is 0.401 e. The van der Waals surface area contributed by atoms with Crippen LogP contribution in [-0.2, 0) is 0 Å². The van der Waals surface area contributed by atoms with E-state index in [1.54, 1.807) is 0 Å². The van der Waals surface area contributed by atoms with E-state index in [4.69, 9.17) is 11.6 Å². The Bertz CT molecular complexity index is 237. The highest BCUT2D eigenvalue weighted by atomic mass is 35.5. The molecule has 1 aliphatic heterocycles. The van der Waals surface area contributed by atoms with E-state index >= 15 is 0 Å². The first-order valence-corrected chi connectivity index (χ1v) is 5.79. The summed E-state index contributed by atoms with van der Waals surface area (Å²) in [6, 6.07) is 0. The maximum Gasteiger partial charge on any atom is 0.401 e. The van der Waals surface area contributed by atoms with Crippen LogP contribution in [0.15, 0.2) is 11.6 Å². The van der Waals surface area contributed by atoms with Gasteiger partial charge in [-0.25, -0.2) is 0 Å². The maximum absolute atomic E-state index is 11.9. The van der Waals surface area contributed by atoms with Crippen LogP contribution in [-0.4, -0.2) is 43.5 Å². The zero-order chi connectivity index (χ0) is 12.1. The minimum absolute atomic E-state index is 0.421. The summed E-state index contributed by atoms with van der Waals surface area (Å²) in [6.07, 6.45) is -0.383. The van der Waals surface area contributed by atoms with Gasteiger partial charge in [-0.15, -0.1) is 0 Å². The zero-order valence-corrected chi connectivity index (χ0v) is 9.82. The molecular weight excluding hydrogens is 241 g/mol. The number of quaternary nitrogens is 1. The van der Waals surface area contributed by atoms with Crippen molar-refractivity contribution in [1.29, 1.82) is 0 Å². The summed E-state index contributed by atoms with van der Waals surface area (Å²) in [7, 11) is 0. The van der Waals surface area contributed by atoms with Gasteiger partial charge in [-0.1, -0.05) is 17.7 Å². The predicted octanol–water partition coefficient (Wildman–Crippen LogP) is 2.46. The predicted molar refractivity (Wildman–Crippen MR) is 58.0 cm³/mol. The van der Waals surface area contributed by atoms with Crippen LogP contribution < -0.4 is 5.32 Å². The molecule has 1 aliphatic rings. The monoisotopic (exact) mass is 257 g/mol. The molecule has 0 aromatic heterocycles. The van der Waals surface area contributed by atoms with Crippen LogP contribution in [0, 0.1) is 0 Å². The molecule has 94 valence electrons. The third-order valence-corrected chi connectivity index (χ3v) is 2.90. The molecule has 1 rings (SSSR count). The molecule has 0 aromatic rings. The smallest absolute Gasteiger partial charge is 0.302 e. The van der Waals surface area contributed by atoms with E-state index in [9.17, 15) is 13.2 Å². The van der Waals surface area contributed by atoms with Gasteiger partial charge in [-0.05, 0) is 6.42 Å². The normalized spacial score (nSPS) is 19.2. The van der Waals surface area contributed by atoms with E-state index in [0.29, 0.717) is 6.67 Å². The summed E-state index contributed by atoms with van der Waals surface area (Å²) in [4.78, 5) is 0. The number of hydrogen-bond donors (Lipinski definition) is 1.